The number of nitrogens with zero attached hydrogens (tertiary/aromatic N) is 4. The molecule has 1 atom stereocenters. The first-order valence-corrected chi connectivity index (χ1v) is 6.08. The van der Waals surface area contributed by atoms with Crippen LogP contribution in [0.2, 0.25) is 0 Å². The summed E-state index contributed by atoms with van der Waals surface area (Å²) in [7, 11) is 0. The molecule has 6 heteroatoms. The van der Waals surface area contributed by atoms with E-state index < -0.39 is 0 Å². The van der Waals surface area contributed by atoms with Crippen LogP contribution in [0.15, 0.2) is 24.7 Å². The predicted molar refractivity (Wildman–Crippen MR) is 72.7 cm³/mol. The van der Waals surface area contributed by atoms with Gasteiger partial charge in [0.1, 0.15) is 0 Å². The van der Waals surface area contributed by atoms with Gasteiger partial charge < -0.3 is 5.73 Å². The van der Waals surface area contributed by atoms with Crippen LogP contribution in [-0.4, -0.2) is 38.4 Å². The van der Waals surface area contributed by atoms with Crippen molar-refractivity contribution in [2.24, 2.45) is 5.73 Å². The third kappa shape index (κ3) is 2.80. The summed E-state index contributed by atoms with van der Waals surface area (Å²) in [6.07, 6.45) is 8.11. The lowest BCUT2D eigenvalue weighted by atomic mass is 10.1. The SMILES string of the molecule is Cl.NC1CCCN(Cc2cn3cccnc3n2)C1. The van der Waals surface area contributed by atoms with E-state index in [0.29, 0.717) is 6.04 Å². The lowest BCUT2D eigenvalue weighted by Crippen LogP contribution is -2.42. The maximum absolute atomic E-state index is 5.97. The van der Waals surface area contributed by atoms with E-state index >= 15 is 0 Å². The Bertz CT molecular complexity index is 479. The molecule has 0 amide bonds. The number of hydrogen-bond donors (Lipinski definition) is 1. The first-order chi connectivity index (χ1) is 8.31. The summed E-state index contributed by atoms with van der Waals surface area (Å²) in [6.45, 7) is 2.97. The standard InChI is InChI=1S/C12H17N5.ClH/c13-10-3-1-5-16(7-10)8-11-9-17-6-2-4-14-12(17)15-11;/h2,4,6,9-10H,1,3,5,7-8,13H2;1H. The van der Waals surface area contributed by atoms with Crippen LogP contribution in [0.1, 0.15) is 18.5 Å². The minimum Gasteiger partial charge on any atom is -0.327 e. The first-order valence-electron chi connectivity index (χ1n) is 6.08. The van der Waals surface area contributed by atoms with Gasteiger partial charge in [-0.25, -0.2) is 9.97 Å². The van der Waals surface area contributed by atoms with E-state index in [9.17, 15) is 0 Å². The van der Waals surface area contributed by atoms with Crippen molar-refractivity contribution in [1.29, 1.82) is 0 Å². The Morgan fingerprint density at radius 3 is 3.11 bits per heavy atom. The van der Waals surface area contributed by atoms with E-state index in [4.69, 9.17) is 5.73 Å². The Hall–Kier alpha value is -1.17. The molecular formula is C12H18ClN5. The number of aromatic nitrogens is 3. The molecule has 0 aromatic carbocycles. The molecule has 1 aliphatic rings. The Morgan fingerprint density at radius 1 is 1.44 bits per heavy atom. The molecule has 2 N–H and O–H groups in total. The van der Waals surface area contributed by atoms with Crippen LogP contribution in [0.3, 0.4) is 0 Å². The van der Waals surface area contributed by atoms with Crippen molar-refractivity contribution in [2.45, 2.75) is 25.4 Å². The van der Waals surface area contributed by atoms with E-state index in [0.717, 1.165) is 37.5 Å². The van der Waals surface area contributed by atoms with Crippen molar-refractivity contribution < 1.29 is 0 Å². The van der Waals surface area contributed by atoms with E-state index in [-0.39, 0.29) is 12.4 Å². The van der Waals surface area contributed by atoms with Crippen molar-refractivity contribution >= 4 is 18.2 Å². The van der Waals surface area contributed by atoms with Crippen LogP contribution in [0.25, 0.3) is 5.78 Å². The highest BCUT2D eigenvalue weighted by molar-refractivity contribution is 5.85. The monoisotopic (exact) mass is 267 g/mol. The molecule has 1 unspecified atom stereocenters. The molecule has 5 nitrogen and oxygen atoms in total. The van der Waals surface area contributed by atoms with Crippen LogP contribution in [0.5, 0.6) is 0 Å². The summed E-state index contributed by atoms with van der Waals surface area (Å²) in [5, 5.41) is 0. The van der Waals surface area contributed by atoms with Gasteiger partial charge in [0.15, 0.2) is 0 Å². The molecule has 1 aliphatic heterocycles. The van der Waals surface area contributed by atoms with Crippen molar-refractivity contribution in [1.82, 2.24) is 19.3 Å². The number of imidazole rings is 1. The number of nitrogens with two attached hydrogens (primary N) is 1. The van der Waals surface area contributed by atoms with Crippen molar-refractivity contribution in [3.05, 3.63) is 30.4 Å². The molecule has 0 aliphatic carbocycles. The fourth-order valence-electron chi connectivity index (χ4n) is 2.42. The normalized spacial score (nSPS) is 20.8. The molecular weight excluding hydrogens is 250 g/mol. The Kier molecular flexibility index (Phi) is 4.16. The Balaban J connectivity index is 0.00000120. The topological polar surface area (TPSA) is 59.5 Å². The van der Waals surface area contributed by atoms with Crippen LogP contribution in [0, 0.1) is 0 Å². The summed E-state index contributed by atoms with van der Waals surface area (Å²) in [4.78, 5) is 11.1. The zero-order valence-corrected chi connectivity index (χ0v) is 11.0. The smallest absolute Gasteiger partial charge is 0.233 e. The second-order valence-corrected chi connectivity index (χ2v) is 4.70. The quantitative estimate of drug-likeness (QED) is 0.884. The largest absolute Gasteiger partial charge is 0.327 e. The third-order valence-electron chi connectivity index (χ3n) is 3.21. The average Bonchev–Trinajstić information content (AvgIpc) is 2.71. The second kappa shape index (κ2) is 5.65. The molecule has 0 saturated carbocycles. The number of fused-ring (bicyclic) bond motifs is 1. The third-order valence-corrected chi connectivity index (χ3v) is 3.21. The molecule has 3 rings (SSSR count). The molecule has 2 aromatic rings. The lowest BCUT2D eigenvalue weighted by Gasteiger charge is -2.29. The van der Waals surface area contributed by atoms with Crippen molar-refractivity contribution in [3.63, 3.8) is 0 Å². The van der Waals surface area contributed by atoms with Gasteiger partial charge in [-0.05, 0) is 25.5 Å². The molecule has 1 saturated heterocycles. The number of hydrogen-bond acceptors (Lipinski definition) is 4. The summed E-state index contributed by atoms with van der Waals surface area (Å²) in [5.41, 5.74) is 7.04. The molecule has 1 fully saturated rings. The van der Waals surface area contributed by atoms with E-state index in [1.807, 2.05) is 22.9 Å². The van der Waals surface area contributed by atoms with E-state index in [1.165, 1.54) is 6.42 Å². The lowest BCUT2D eigenvalue weighted by molar-refractivity contribution is 0.200. The van der Waals surface area contributed by atoms with Gasteiger partial charge in [-0.1, -0.05) is 0 Å². The predicted octanol–water partition coefficient (Wildman–Crippen LogP) is 1.07. The Morgan fingerprint density at radius 2 is 2.33 bits per heavy atom. The molecule has 98 valence electrons. The van der Waals surface area contributed by atoms with Crippen LogP contribution < -0.4 is 5.73 Å². The summed E-state index contributed by atoms with van der Waals surface area (Å²) in [6, 6.07) is 2.23. The molecule has 0 spiro atoms. The van der Waals surface area contributed by atoms with Gasteiger partial charge in [-0.3, -0.25) is 9.30 Å². The minimum absolute atomic E-state index is 0. The fraction of sp³-hybridized carbons (Fsp3) is 0.500. The van der Waals surface area contributed by atoms with Gasteiger partial charge in [0.05, 0.1) is 5.69 Å². The van der Waals surface area contributed by atoms with Crippen LogP contribution in [-0.2, 0) is 6.54 Å². The average molecular weight is 268 g/mol. The number of likely N-dealkylation sites (tertiary alicyclic amines) is 1. The first kappa shape index (κ1) is 13.3. The van der Waals surface area contributed by atoms with E-state index in [1.54, 1.807) is 6.20 Å². The highest BCUT2D eigenvalue weighted by atomic mass is 35.5. The van der Waals surface area contributed by atoms with E-state index in [2.05, 4.69) is 14.9 Å². The van der Waals surface area contributed by atoms with Crippen LogP contribution >= 0.6 is 12.4 Å². The number of rotatable bonds is 2. The van der Waals surface area contributed by atoms with Gasteiger partial charge >= 0.3 is 0 Å². The van der Waals surface area contributed by atoms with Gasteiger partial charge in [0, 0.05) is 37.7 Å². The van der Waals surface area contributed by atoms with Gasteiger partial charge in [-0.15, -0.1) is 12.4 Å². The summed E-state index contributed by atoms with van der Waals surface area (Å²) >= 11 is 0. The highest BCUT2D eigenvalue weighted by Crippen LogP contribution is 2.12. The van der Waals surface area contributed by atoms with Gasteiger partial charge in [0.2, 0.25) is 5.78 Å². The molecule has 0 radical (unpaired) electrons. The van der Waals surface area contributed by atoms with Crippen molar-refractivity contribution in [2.75, 3.05) is 13.1 Å². The zero-order chi connectivity index (χ0) is 11.7. The maximum Gasteiger partial charge on any atom is 0.233 e. The molecule has 3 heterocycles. The second-order valence-electron chi connectivity index (χ2n) is 4.70. The number of piperidine rings is 1. The van der Waals surface area contributed by atoms with Crippen molar-refractivity contribution in [3.8, 4) is 0 Å². The Labute approximate surface area is 112 Å². The van der Waals surface area contributed by atoms with Gasteiger partial charge in [-0.2, -0.15) is 0 Å². The zero-order valence-electron chi connectivity index (χ0n) is 10.2. The highest BCUT2D eigenvalue weighted by Gasteiger charge is 2.17. The maximum atomic E-state index is 5.97. The number of halogens is 1. The van der Waals surface area contributed by atoms with Gasteiger partial charge in [0.25, 0.3) is 0 Å². The fourth-order valence-corrected chi connectivity index (χ4v) is 2.42. The minimum atomic E-state index is 0. The van der Waals surface area contributed by atoms with Crippen LogP contribution in [0.4, 0.5) is 0 Å². The molecule has 2 aromatic heterocycles. The summed E-state index contributed by atoms with van der Waals surface area (Å²) in [5.74, 6) is 0.767. The summed E-state index contributed by atoms with van der Waals surface area (Å²) < 4.78 is 1.96. The molecule has 18 heavy (non-hydrogen) atoms. The molecule has 0 bridgehead atoms.